The van der Waals surface area contributed by atoms with Crippen molar-refractivity contribution in [3.8, 4) is 11.5 Å². The van der Waals surface area contributed by atoms with Gasteiger partial charge in [-0.25, -0.2) is 0 Å². The number of fused-ring (bicyclic) bond motifs is 2. The van der Waals surface area contributed by atoms with Crippen LogP contribution in [0.1, 0.15) is 31.8 Å². The van der Waals surface area contributed by atoms with Crippen molar-refractivity contribution < 1.29 is 55.3 Å². The van der Waals surface area contributed by atoms with Gasteiger partial charge in [-0.05, 0) is 96.4 Å². The van der Waals surface area contributed by atoms with E-state index >= 15 is 0 Å². The molecule has 0 atom stereocenters. The van der Waals surface area contributed by atoms with Crippen molar-refractivity contribution in [3.63, 3.8) is 0 Å². The minimum absolute atomic E-state index is 0.0745. The molecule has 0 bridgehead atoms. The van der Waals surface area contributed by atoms with Crippen LogP contribution in [0.4, 0.5) is 22.7 Å². The van der Waals surface area contributed by atoms with Crippen LogP contribution >= 0.6 is 0 Å². The van der Waals surface area contributed by atoms with Crippen LogP contribution in [0.5, 0.6) is 11.5 Å². The zero-order valence-electron chi connectivity index (χ0n) is 29.1. The molecule has 6 aromatic carbocycles. The van der Waals surface area contributed by atoms with Crippen LogP contribution in [0.2, 0.25) is 0 Å². The number of phenols is 2. The zero-order chi connectivity index (χ0) is 40.7. The number of amides is 4. The summed E-state index contributed by atoms with van der Waals surface area (Å²) in [7, 11) is -9.07. The Kier molecular flexibility index (Phi) is 10.2. The predicted octanol–water partition coefficient (Wildman–Crippen LogP) is 5.60. The Morgan fingerprint density at radius 2 is 0.857 bits per heavy atom. The summed E-state index contributed by atoms with van der Waals surface area (Å²) in [6, 6.07) is 20.8. The highest BCUT2D eigenvalue weighted by atomic mass is 32.2. The lowest BCUT2D eigenvalue weighted by atomic mass is 10.0. The molecule has 0 aliphatic rings. The third kappa shape index (κ3) is 8.43. The molecule has 6 aromatic rings. The molecule has 8 N–H and O–H groups in total. The van der Waals surface area contributed by atoms with E-state index in [1.165, 1.54) is 72.8 Å². The quantitative estimate of drug-likeness (QED) is 0.0691. The number of rotatable bonds is 8. The van der Waals surface area contributed by atoms with E-state index in [2.05, 4.69) is 21.3 Å². The standard InChI is InChI=1S/C38H30N4O12S2/c1-19-3-5-23(15-31(19)35(45)41-33-17-25(43)11-21-13-27(55(49,50)51)7-9-29(21)33)39-37(47)38(48)40-24-6-4-20(2)32(16-24)36(46)42-34-18-26(44)12-22-14-28(56(52,53)54)8-10-30(22)34/h3-18,43-44H,1-2H3,(H,39,47)(H,40,48)(H,41,45)(H,42,46)(H,49,50,51)(H,52,53,54). The van der Waals surface area contributed by atoms with Gasteiger partial charge in [0.05, 0.1) is 21.2 Å². The fourth-order valence-electron chi connectivity index (χ4n) is 5.84. The highest BCUT2D eigenvalue weighted by Gasteiger charge is 2.20. The molecule has 0 aromatic heterocycles. The van der Waals surface area contributed by atoms with Crippen LogP contribution in [0.25, 0.3) is 21.5 Å². The molecule has 16 nitrogen and oxygen atoms in total. The molecule has 4 amide bonds. The second kappa shape index (κ2) is 14.8. The number of aryl methyl sites for hydroxylation is 2. The van der Waals surface area contributed by atoms with Gasteiger partial charge in [0.2, 0.25) is 0 Å². The van der Waals surface area contributed by atoms with Gasteiger partial charge in [-0.3, -0.25) is 28.3 Å². The van der Waals surface area contributed by atoms with E-state index in [1.807, 2.05) is 0 Å². The van der Waals surface area contributed by atoms with Gasteiger partial charge in [-0.1, -0.05) is 24.3 Å². The fourth-order valence-corrected chi connectivity index (χ4v) is 6.87. The molecule has 0 spiro atoms. The van der Waals surface area contributed by atoms with E-state index in [9.17, 15) is 55.3 Å². The molecule has 6 rings (SSSR count). The Balaban J connectivity index is 1.16. The van der Waals surface area contributed by atoms with Gasteiger partial charge < -0.3 is 31.5 Å². The molecule has 0 saturated heterocycles. The average molecular weight is 799 g/mol. The SMILES string of the molecule is Cc1ccc(NC(=O)C(=O)Nc2ccc(C)c(C(=O)Nc3cc(O)cc4cc(S(=O)(=O)O)ccc34)c2)cc1C(=O)Nc1cc(O)cc2cc(S(=O)(=O)O)ccc12. The van der Waals surface area contributed by atoms with Crippen molar-refractivity contribution in [3.05, 3.63) is 119 Å². The van der Waals surface area contributed by atoms with Gasteiger partial charge >= 0.3 is 11.8 Å². The molecule has 18 heteroatoms. The lowest BCUT2D eigenvalue weighted by molar-refractivity contribution is -0.132. The Morgan fingerprint density at radius 3 is 1.21 bits per heavy atom. The number of benzene rings is 6. The maximum absolute atomic E-state index is 13.4. The summed E-state index contributed by atoms with van der Waals surface area (Å²) in [5.41, 5.74) is 1.52. The summed E-state index contributed by atoms with van der Waals surface area (Å²) >= 11 is 0. The fraction of sp³-hybridized carbons (Fsp3) is 0.0526. The first-order valence-corrected chi connectivity index (χ1v) is 19.1. The van der Waals surface area contributed by atoms with Crippen LogP contribution in [-0.4, -0.2) is 59.8 Å². The molecular formula is C38H30N4O12S2. The average Bonchev–Trinajstić information content (AvgIpc) is 3.11. The summed E-state index contributed by atoms with van der Waals surface area (Å²) in [5, 5.41) is 31.7. The summed E-state index contributed by atoms with van der Waals surface area (Å²) in [6.45, 7) is 3.25. The Bertz CT molecular complexity index is 2700. The minimum atomic E-state index is -4.53. The molecule has 0 saturated carbocycles. The Labute approximate surface area is 318 Å². The predicted molar refractivity (Wildman–Crippen MR) is 206 cm³/mol. The monoisotopic (exact) mass is 798 g/mol. The lowest BCUT2D eigenvalue weighted by Crippen LogP contribution is -2.29. The van der Waals surface area contributed by atoms with Crippen LogP contribution in [0, 0.1) is 13.8 Å². The number of carbonyl (C=O) groups is 4. The largest absolute Gasteiger partial charge is 0.508 e. The number of carbonyl (C=O) groups excluding carboxylic acids is 4. The molecule has 0 unspecified atom stereocenters. The first-order valence-electron chi connectivity index (χ1n) is 16.2. The first kappa shape index (κ1) is 38.9. The first-order chi connectivity index (χ1) is 26.3. The van der Waals surface area contributed by atoms with Gasteiger partial charge in [0.1, 0.15) is 11.5 Å². The topological polar surface area (TPSA) is 266 Å². The highest BCUT2D eigenvalue weighted by molar-refractivity contribution is 7.86. The second-order valence-electron chi connectivity index (χ2n) is 12.6. The minimum Gasteiger partial charge on any atom is -0.508 e. The van der Waals surface area contributed by atoms with Crippen molar-refractivity contribution in [2.24, 2.45) is 0 Å². The number of phenolic OH excluding ortho intramolecular Hbond substituents is 2. The number of hydrogen-bond donors (Lipinski definition) is 8. The van der Waals surface area contributed by atoms with Crippen LogP contribution in [0.3, 0.4) is 0 Å². The third-order valence-corrected chi connectivity index (χ3v) is 10.3. The number of nitrogens with one attached hydrogen (secondary N) is 4. The molecule has 56 heavy (non-hydrogen) atoms. The maximum atomic E-state index is 13.4. The van der Waals surface area contributed by atoms with E-state index in [-0.39, 0.29) is 56.1 Å². The second-order valence-corrected chi connectivity index (χ2v) is 15.4. The zero-order valence-corrected chi connectivity index (χ0v) is 30.7. The van der Waals surface area contributed by atoms with Gasteiger partial charge in [0, 0.05) is 45.4 Å². The molecular weight excluding hydrogens is 769 g/mol. The normalized spacial score (nSPS) is 11.6. The summed E-state index contributed by atoms with van der Waals surface area (Å²) in [5.74, 6) is -4.15. The Hall–Kier alpha value is -6.86. The molecule has 286 valence electrons. The lowest BCUT2D eigenvalue weighted by Gasteiger charge is -2.14. The number of anilines is 4. The van der Waals surface area contributed by atoms with Gasteiger partial charge in [-0.15, -0.1) is 0 Å². The van der Waals surface area contributed by atoms with Gasteiger partial charge in [0.25, 0.3) is 32.1 Å². The molecule has 0 aliphatic heterocycles. The summed E-state index contributed by atoms with van der Waals surface area (Å²) in [6.07, 6.45) is 0. The van der Waals surface area contributed by atoms with Crippen molar-refractivity contribution in [1.29, 1.82) is 0 Å². The summed E-state index contributed by atoms with van der Waals surface area (Å²) < 4.78 is 65.2. The molecule has 0 aliphatic carbocycles. The van der Waals surface area contributed by atoms with E-state index in [0.29, 0.717) is 21.9 Å². The van der Waals surface area contributed by atoms with Crippen LogP contribution < -0.4 is 21.3 Å². The van der Waals surface area contributed by atoms with Gasteiger partial charge in [-0.2, -0.15) is 16.8 Å². The van der Waals surface area contributed by atoms with Crippen LogP contribution in [-0.2, 0) is 29.8 Å². The third-order valence-electron chi connectivity index (χ3n) is 8.60. The number of aromatic hydroxyl groups is 2. The van der Waals surface area contributed by atoms with Crippen molar-refractivity contribution in [2.45, 2.75) is 23.6 Å². The van der Waals surface area contributed by atoms with Crippen molar-refractivity contribution >= 4 is 88.2 Å². The molecule has 0 heterocycles. The number of hydrogen-bond acceptors (Lipinski definition) is 10. The van der Waals surface area contributed by atoms with Crippen molar-refractivity contribution in [2.75, 3.05) is 21.3 Å². The van der Waals surface area contributed by atoms with E-state index in [4.69, 9.17) is 0 Å². The highest BCUT2D eigenvalue weighted by Crippen LogP contribution is 2.33. The molecule has 0 fully saturated rings. The van der Waals surface area contributed by atoms with Crippen LogP contribution in [0.15, 0.2) is 107 Å². The van der Waals surface area contributed by atoms with E-state index in [0.717, 1.165) is 24.3 Å². The van der Waals surface area contributed by atoms with E-state index < -0.39 is 53.7 Å². The maximum Gasteiger partial charge on any atom is 0.314 e. The van der Waals surface area contributed by atoms with Gasteiger partial charge in [0.15, 0.2) is 0 Å². The smallest absolute Gasteiger partial charge is 0.314 e. The summed E-state index contributed by atoms with van der Waals surface area (Å²) in [4.78, 5) is 51.9. The van der Waals surface area contributed by atoms with Crippen molar-refractivity contribution in [1.82, 2.24) is 0 Å². The molecule has 0 radical (unpaired) electrons. The van der Waals surface area contributed by atoms with E-state index in [1.54, 1.807) is 13.8 Å². The Morgan fingerprint density at radius 1 is 0.482 bits per heavy atom.